The molecule has 0 aliphatic carbocycles. The van der Waals surface area contributed by atoms with Gasteiger partial charge < -0.3 is 15.4 Å². The molecule has 0 aliphatic rings. The number of nitrogens with one attached hydrogen (secondary N) is 2. The molecule has 0 fully saturated rings. The lowest BCUT2D eigenvalue weighted by molar-refractivity contribution is -0.384. The Balaban J connectivity index is 1.82. The van der Waals surface area contributed by atoms with Crippen molar-refractivity contribution in [2.45, 2.75) is 25.9 Å². The Kier molecular flexibility index (Phi) is 7.41. The first-order valence-corrected chi connectivity index (χ1v) is 8.84. The summed E-state index contributed by atoms with van der Waals surface area (Å²) in [5.74, 6) is -1.95. The second-order valence-electron chi connectivity index (χ2n) is 6.31. The molecule has 9 nitrogen and oxygen atoms in total. The summed E-state index contributed by atoms with van der Waals surface area (Å²) in [4.78, 5) is 46.3. The first-order valence-electron chi connectivity index (χ1n) is 8.84. The highest BCUT2D eigenvalue weighted by Gasteiger charge is 2.20. The highest BCUT2D eigenvalue weighted by Crippen LogP contribution is 2.13. The molecule has 9 heteroatoms. The largest absolute Gasteiger partial charge is 0.454 e. The smallest absolute Gasteiger partial charge is 0.328 e. The third kappa shape index (κ3) is 6.42. The summed E-state index contributed by atoms with van der Waals surface area (Å²) < 4.78 is 4.93. The Morgan fingerprint density at radius 1 is 1.03 bits per heavy atom. The summed E-state index contributed by atoms with van der Waals surface area (Å²) in [6.07, 6.45) is 0. The Hall–Kier alpha value is -3.75. The number of esters is 1. The van der Waals surface area contributed by atoms with E-state index in [1.165, 1.54) is 25.1 Å². The van der Waals surface area contributed by atoms with Crippen LogP contribution in [0.25, 0.3) is 0 Å². The summed E-state index contributed by atoms with van der Waals surface area (Å²) in [7, 11) is 0. The minimum atomic E-state index is -1.04. The number of non-ortho nitro benzene ring substituents is 1. The van der Waals surface area contributed by atoms with E-state index in [9.17, 15) is 24.5 Å². The predicted molar refractivity (Wildman–Crippen MR) is 104 cm³/mol. The minimum absolute atomic E-state index is 0.0354. The number of carbonyl (C=O) groups is 3. The maximum atomic E-state index is 12.2. The minimum Gasteiger partial charge on any atom is -0.454 e. The lowest BCUT2D eigenvalue weighted by Crippen LogP contribution is -2.41. The molecule has 0 radical (unpaired) electrons. The summed E-state index contributed by atoms with van der Waals surface area (Å²) in [6, 6.07) is 13.1. The number of nitrogens with zero attached hydrogens (tertiary/aromatic N) is 1. The molecule has 0 unspecified atom stereocenters. The molecule has 2 atom stereocenters. The third-order valence-electron chi connectivity index (χ3n) is 4.04. The number of nitro groups is 1. The molecule has 0 aromatic heterocycles. The zero-order valence-corrected chi connectivity index (χ0v) is 16.0. The Morgan fingerprint density at radius 3 is 2.38 bits per heavy atom. The molecular weight excluding hydrogens is 378 g/mol. The molecule has 0 aliphatic heterocycles. The number of carbonyl (C=O) groups excluding carboxylic acids is 3. The first kappa shape index (κ1) is 21.5. The van der Waals surface area contributed by atoms with Crippen molar-refractivity contribution in [2.75, 3.05) is 6.61 Å². The van der Waals surface area contributed by atoms with E-state index in [0.29, 0.717) is 0 Å². The van der Waals surface area contributed by atoms with Crippen molar-refractivity contribution in [3.05, 3.63) is 75.8 Å². The van der Waals surface area contributed by atoms with Gasteiger partial charge >= 0.3 is 5.97 Å². The van der Waals surface area contributed by atoms with Crippen LogP contribution in [0.3, 0.4) is 0 Å². The lowest BCUT2D eigenvalue weighted by Gasteiger charge is -2.16. The van der Waals surface area contributed by atoms with E-state index in [0.717, 1.165) is 11.6 Å². The van der Waals surface area contributed by atoms with E-state index in [1.807, 2.05) is 30.3 Å². The summed E-state index contributed by atoms with van der Waals surface area (Å²) in [6.45, 7) is 2.70. The van der Waals surface area contributed by atoms with Crippen molar-refractivity contribution >= 4 is 23.5 Å². The molecule has 29 heavy (non-hydrogen) atoms. The molecule has 0 bridgehead atoms. The number of hydrogen-bond donors (Lipinski definition) is 2. The molecule has 2 aromatic carbocycles. The van der Waals surface area contributed by atoms with Gasteiger partial charge in [0.05, 0.1) is 11.0 Å². The molecule has 2 aromatic rings. The molecule has 0 heterocycles. The molecule has 0 spiro atoms. The number of nitro benzene ring substituents is 1. The van der Waals surface area contributed by atoms with Gasteiger partial charge in [0, 0.05) is 17.7 Å². The topological polar surface area (TPSA) is 128 Å². The van der Waals surface area contributed by atoms with E-state index in [-0.39, 0.29) is 17.3 Å². The highest BCUT2D eigenvalue weighted by molar-refractivity contribution is 5.97. The Morgan fingerprint density at radius 2 is 1.72 bits per heavy atom. The molecule has 2 rings (SSSR count). The number of rotatable bonds is 8. The summed E-state index contributed by atoms with van der Waals surface area (Å²) >= 11 is 0. The molecule has 0 saturated heterocycles. The quantitative estimate of drug-likeness (QED) is 0.398. The highest BCUT2D eigenvalue weighted by atomic mass is 16.6. The van der Waals surface area contributed by atoms with Gasteiger partial charge in [-0.2, -0.15) is 0 Å². The summed E-state index contributed by atoms with van der Waals surface area (Å²) in [5, 5.41) is 15.9. The summed E-state index contributed by atoms with van der Waals surface area (Å²) in [5.41, 5.74) is 0.704. The van der Waals surface area contributed by atoms with E-state index < -0.39 is 35.4 Å². The van der Waals surface area contributed by atoms with Crippen molar-refractivity contribution in [2.24, 2.45) is 0 Å². The van der Waals surface area contributed by atoms with E-state index >= 15 is 0 Å². The van der Waals surface area contributed by atoms with Gasteiger partial charge in [-0.1, -0.05) is 36.4 Å². The molecule has 152 valence electrons. The number of hydrogen-bond acceptors (Lipinski definition) is 6. The van der Waals surface area contributed by atoms with Crippen LogP contribution in [0.2, 0.25) is 0 Å². The van der Waals surface area contributed by atoms with Crippen LogP contribution in [-0.4, -0.2) is 35.4 Å². The fourth-order valence-corrected chi connectivity index (χ4v) is 2.47. The van der Waals surface area contributed by atoms with Crippen LogP contribution >= 0.6 is 0 Å². The van der Waals surface area contributed by atoms with Crippen LogP contribution in [0.5, 0.6) is 0 Å². The zero-order valence-electron chi connectivity index (χ0n) is 16.0. The maximum absolute atomic E-state index is 12.2. The predicted octanol–water partition coefficient (Wildman–Crippen LogP) is 2.13. The average Bonchev–Trinajstić information content (AvgIpc) is 2.72. The monoisotopic (exact) mass is 399 g/mol. The Bertz CT molecular complexity index is 900. The van der Waals surface area contributed by atoms with Crippen molar-refractivity contribution in [1.29, 1.82) is 0 Å². The molecule has 2 N–H and O–H groups in total. The second kappa shape index (κ2) is 9.98. The van der Waals surface area contributed by atoms with Crippen LogP contribution < -0.4 is 10.6 Å². The van der Waals surface area contributed by atoms with Crippen molar-refractivity contribution in [3.8, 4) is 0 Å². The maximum Gasteiger partial charge on any atom is 0.328 e. The van der Waals surface area contributed by atoms with Crippen LogP contribution in [0.4, 0.5) is 5.69 Å². The van der Waals surface area contributed by atoms with E-state index in [4.69, 9.17) is 4.74 Å². The SMILES string of the molecule is C[C@H](NC(=O)c1cccc([N+](=O)[O-])c1)C(=O)OCC(=O)N[C@@H](C)c1ccccc1. The van der Waals surface area contributed by atoms with Gasteiger partial charge in [-0.05, 0) is 25.5 Å². The average molecular weight is 399 g/mol. The first-order chi connectivity index (χ1) is 13.8. The number of ether oxygens (including phenoxy) is 1. The fraction of sp³-hybridized carbons (Fsp3) is 0.250. The van der Waals surface area contributed by atoms with Crippen LogP contribution in [0.1, 0.15) is 35.8 Å². The molecular formula is C20H21N3O6. The van der Waals surface area contributed by atoms with Gasteiger partial charge in [0.2, 0.25) is 0 Å². The fourth-order valence-electron chi connectivity index (χ4n) is 2.47. The molecule has 2 amide bonds. The van der Waals surface area contributed by atoms with E-state index in [1.54, 1.807) is 6.92 Å². The van der Waals surface area contributed by atoms with Crippen LogP contribution in [-0.2, 0) is 14.3 Å². The number of amides is 2. The number of benzene rings is 2. The third-order valence-corrected chi connectivity index (χ3v) is 4.04. The van der Waals surface area contributed by atoms with Crippen molar-refractivity contribution in [1.82, 2.24) is 10.6 Å². The van der Waals surface area contributed by atoms with Gasteiger partial charge in [0.15, 0.2) is 6.61 Å². The van der Waals surface area contributed by atoms with E-state index in [2.05, 4.69) is 10.6 Å². The van der Waals surface area contributed by atoms with Gasteiger partial charge in [0.1, 0.15) is 6.04 Å². The Labute approximate surface area is 167 Å². The van der Waals surface area contributed by atoms with Crippen molar-refractivity contribution in [3.63, 3.8) is 0 Å². The van der Waals surface area contributed by atoms with Gasteiger partial charge in [-0.3, -0.25) is 19.7 Å². The van der Waals surface area contributed by atoms with Crippen LogP contribution in [0.15, 0.2) is 54.6 Å². The molecule has 0 saturated carbocycles. The standard InChI is InChI=1S/C20H21N3O6/c1-13(15-7-4-3-5-8-15)21-18(24)12-29-20(26)14(2)22-19(25)16-9-6-10-17(11-16)23(27)28/h3-11,13-14H,12H2,1-2H3,(H,21,24)(H,22,25)/t13-,14-/m0/s1. The van der Waals surface area contributed by atoms with Crippen LogP contribution in [0, 0.1) is 10.1 Å². The van der Waals surface area contributed by atoms with Gasteiger partial charge in [0.25, 0.3) is 17.5 Å². The zero-order chi connectivity index (χ0) is 21.4. The van der Waals surface area contributed by atoms with Crippen molar-refractivity contribution < 1.29 is 24.0 Å². The normalized spacial score (nSPS) is 12.3. The van der Waals surface area contributed by atoms with Gasteiger partial charge in [-0.25, -0.2) is 4.79 Å². The van der Waals surface area contributed by atoms with Gasteiger partial charge in [-0.15, -0.1) is 0 Å². The second-order valence-corrected chi connectivity index (χ2v) is 6.31. The lowest BCUT2D eigenvalue weighted by atomic mass is 10.1.